The molecule has 0 aromatic heterocycles. The van der Waals surface area contributed by atoms with Crippen LogP contribution in [0, 0.1) is 0 Å². The topological polar surface area (TPSA) is 15.3 Å². The lowest BCUT2D eigenvalue weighted by molar-refractivity contribution is 0.830. The van der Waals surface area contributed by atoms with Gasteiger partial charge in [0, 0.05) is 33.5 Å². The molecule has 0 unspecified atom stereocenters. The van der Waals surface area contributed by atoms with Gasteiger partial charge in [-0.2, -0.15) is 0 Å². The van der Waals surface area contributed by atoms with Gasteiger partial charge in [0.25, 0.3) is 0 Å². The van der Waals surface area contributed by atoms with Gasteiger partial charge in [0.1, 0.15) is 0 Å². The summed E-state index contributed by atoms with van der Waals surface area (Å²) < 4.78 is 0. The summed E-state index contributed by atoms with van der Waals surface area (Å²) in [5, 5.41) is 12.0. The first-order valence-corrected chi connectivity index (χ1v) is 23.1. The predicted octanol–water partition coefficient (Wildman–Crippen LogP) is 18.8. The Labute approximate surface area is 363 Å². The summed E-state index contributed by atoms with van der Waals surface area (Å²) in [7, 11) is 0. The van der Waals surface area contributed by atoms with Gasteiger partial charge in [-0.05, 0) is 162 Å². The monoisotopic (exact) mass is 797 g/mol. The quantitative estimate of drug-likeness (QED) is 0.117. The molecular formula is C58H72N2. The van der Waals surface area contributed by atoms with Crippen LogP contribution in [-0.4, -0.2) is 0 Å². The Morgan fingerprint density at radius 1 is 0.333 bits per heavy atom. The lowest BCUT2D eigenvalue weighted by Crippen LogP contribution is -2.14. The number of benzene rings is 7. The van der Waals surface area contributed by atoms with Crippen molar-refractivity contribution in [1.29, 1.82) is 0 Å². The van der Waals surface area contributed by atoms with Crippen LogP contribution in [0.5, 0.6) is 0 Å². The minimum atomic E-state index is 0.326. The van der Waals surface area contributed by atoms with Crippen molar-refractivity contribution in [2.75, 3.05) is 10.2 Å². The highest BCUT2D eigenvalue weighted by Crippen LogP contribution is 2.50. The Kier molecular flexibility index (Phi) is 12.2. The highest BCUT2D eigenvalue weighted by atomic mass is 15.1. The van der Waals surface area contributed by atoms with Crippen LogP contribution in [-0.2, 0) is 0 Å². The zero-order valence-electron chi connectivity index (χ0n) is 39.7. The molecule has 7 aromatic rings. The van der Waals surface area contributed by atoms with Crippen molar-refractivity contribution in [3.05, 3.63) is 136 Å². The fourth-order valence-corrected chi connectivity index (χ4v) is 9.18. The van der Waals surface area contributed by atoms with E-state index in [1.807, 2.05) is 0 Å². The molecule has 0 fully saturated rings. The normalized spacial score (nSPS) is 12.5. The zero-order chi connectivity index (χ0) is 43.5. The average Bonchev–Trinajstić information content (AvgIpc) is 3.19. The van der Waals surface area contributed by atoms with Gasteiger partial charge in [-0.15, -0.1) is 0 Å². The summed E-state index contributed by atoms with van der Waals surface area (Å²) in [5.41, 5.74) is 17.1. The number of nitrogens with zero attached hydrogens (tertiary/aromatic N) is 1. The third-order valence-corrected chi connectivity index (χ3v) is 13.1. The average molecular weight is 797 g/mol. The minimum absolute atomic E-state index is 0.326. The molecule has 0 aliphatic rings. The largest absolute Gasteiger partial charge is 0.355 e. The molecule has 7 aromatic carbocycles. The molecule has 0 amide bonds. The Hall–Kier alpha value is -4.82. The van der Waals surface area contributed by atoms with E-state index in [2.05, 4.69) is 212 Å². The second-order valence-corrected chi connectivity index (χ2v) is 20.4. The second kappa shape index (κ2) is 16.9. The molecule has 0 heterocycles. The standard InChI is InChI=1S/C58H72N2/c1-32(2)40-21-41(33(3)4)25-46(24-40)59-55-30-53(38(13)14)49-18-20-52-56(31-54(39(15)16)50-17-19-51(55)57(49)58(50)52)60(47-26-42(34(5)6)22-43(27-47)35(7)8)48-28-44(36(9)10)23-45(29-48)37(11)12/h17-39,59H,1-16H3. The highest BCUT2D eigenvalue weighted by Gasteiger charge is 2.26. The Balaban J connectivity index is 1.62. The van der Waals surface area contributed by atoms with Crippen LogP contribution in [0.3, 0.4) is 0 Å². The van der Waals surface area contributed by atoms with E-state index in [1.165, 1.54) is 105 Å². The van der Waals surface area contributed by atoms with Crippen LogP contribution in [0.2, 0.25) is 0 Å². The smallest absolute Gasteiger partial charge is 0.0543 e. The summed E-state index contributed by atoms with van der Waals surface area (Å²) in [6.07, 6.45) is 0. The van der Waals surface area contributed by atoms with Gasteiger partial charge in [0.05, 0.1) is 5.69 Å². The third kappa shape index (κ3) is 8.16. The maximum atomic E-state index is 4.03. The van der Waals surface area contributed by atoms with Crippen LogP contribution in [0.15, 0.2) is 91.0 Å². The molecule has 60 heavy (non-hydrogen) atoms. The van der Waals surface area contributed by atoms with Gasteiger partial charge in [-0.25, -0.2) is 0 Å². The molecule has 0 radical (unpaired) electrons. The third-order valence-electron chi connectivity index (χ3n) is 13.1. The highest BCUT2D eigenvalue weighted by molar-refractivity contribution is 6.29. The minimum Gasteiger partial charge on any atom is -0.355 e. The molecule has 0 bridgehead atoms. The van der Waals surface area contributed by atoms with E-state index in [9.17, 15) is 0 Å². The van der Waals surface area contributed by atoms with Crippen LogP contribution in [0.4, 0.5) is 28.4 Å². The molecule has 7 rings (SSSR count). The molecule has 2 nitrogen and oxygen atoms in total. The Morgan fingerprint density at radius 2 is 0.667 bits per heavy atom. The molecule has 0 spiro atoms. The lowest BCUT2D eigenvalue weighted by Gasteiger charge is -2.32. The number of rotatable bonds is 13. The van der Waals surface area contributed by atoms with Crippen molar-refractivity contribution in [1.82, 2.24) is 0 Å². The van der Waals surface area contributed by atoms with E-state index < -0.39 is 0 Å². The van der Waals surface area contributed by atoms with Crippen molar-refractivity contribution < 1.29 is 0 Å². The summed E-state index contributed by atoms with van der Waals surface area (Å²) in [6.45, 7) is 37.3. The first-order valence-electron chi connectivity index (χ1n) is 23.1. The van der Waals surface area contributed by atoms with E-state index in [-0.39, 0.29) is 0 Å². The van der Waals surface area contributed by atoms with E-state index in [0.717, 1.165) is 0 Å². The van der Waals surface area contributed by atoms with Gasteiger partial charge < -0.3 is 10.2 Å². The van der Waals surface area contributed by atoms with Gasteiger partial charge in [0.2, 0.25) is 0 Å². The fraction of sp³-hybridized carbons (Fsp3) is 0.414. The van der Waals surface area contributed by atoms with Crippen molar-refractivity contribution in [3.8, 4) is 0 Å². The molecule has 0 saturated carbocycles. The van der Waals surface area contributed by atoms with Crippen molar-refractivity contribution in [2.45, 2.75) is 158 Å². The molecule has 0 saturated heterocycles. The first-order chi connectivity index (χ1) is 28.3. The van der Waals surface area contributed by atoms with Gasteiger partial charge in [0.15, 0.2) is 0 Å². The summed E-state index contributed by atoms with van der Waals surface area (Å²) in [6, 6.07) is 36.6. The summed E-state index contributed by atoms with van der Waals surface area (Å²) in [5.74, 6) is 3.20. The van der Waals surface area contributed by atoms with Crippen LogP contribution in [0.1, 0.15) is 203 Å². The number of hydrogen-bond acceptors (Lipinski definition) is 2. The summed E-state index contributed by atoms with van der Waals surface area (Å²) in [4.78, 5) is 2.63. The molecule has 0 aliphatic carbocycles. The summed E-state index contributed by atoms with van der Waals surface area (Å²) >= 11 is 0. The second-order valence-electron chi connectivity index (χ2n) is 20.4. The zero-order valence-corrected chi connectivity index (χ0v) is 39.7. The van der Waals surface area contributed by atoms with Crippen molar-refractivity contribution in [3.63, 3.8) is 0 Å². The van der Waals surface area contributed by atoms with E-state index in [0.29, 0.717) is 47.3 Å². The Bertz CT molecular complexity index is 2510. The van der Waals surface area contributed by atoms with Gasteiger partial charge in [-0.1, -0.05) is 153 Å². The van der Waals surface area contributed by atoms with Crippen LogP contribution >= 0.6 is 0 Å². The number of anilines is 5. The first kappa shape index (κ1) is 43.3. The molecule has 314 valence electrons. The maximum Gasteiger partial charge on any atom is 0.0543 e. The van der Waals surface area contributed by atoms with Crippen molar-refractivity contribution in [2.24, 2.45) is 0 Å². The molecule has 2 heteroatoms. The Morgan fingerprint density at radius 3 is 1.05 bits per heavy atom. The van der Waals surface area contributed by atoms with E-state index in [4.69, 9.17) is 0 Å². The maximum absolute atomic E-state index is 4.03. The van der Waals surface area contributed by atoms with E-state index >= 15 is 0 Å². The van der Waals surface area contributed by atoms with E-state index in [1.54, 1.807) is 0 Å². The number of hydrogen-bond donors (Lipinski definition) is 1. The van der Waals surface area contributed by atoms with Crippen molar-refractivity contribution >= 4 is 60.8 Å². The van der Waals surface area contributed by atoms with Crippen LogP contribution < -0.4 is 10.2 Å². The van der Waals surface area contributed by atoms with Crippen LogP contribution in [0.25, 0.3) is 32.3 Å². The van der Waals surface area contributed by atoms with Gasteiger partial charge >= 0.3 is 0 Å². The number of nitrogens with one attached hydrogen (secondary N) is 1. The molecular weight excluding hydrogens is 725 g/mol. The molecule has 0 atom stereocenters. The predicted molar refractivity (Wildman–Crippen MR) is 267 cm³/mol. The lowest BCUT2D eigenvalue weighted by atomic mass is 9.84. The molecule has 1 N–H and O–H groups in total. The fourth-order valence-electron chi connectivity index (χ4n) is 9.18. The SMILES string of the molecule is CC(C)c1cc(Nc2cc(C(C)C)c3ccc4c(N(c5cc(C(C)C)cc(C(C)C)c5)c5cc(C(C)C)cc(C(C)C)c5)cc(C(C)C)c5ccc2c3c54)cc(C(C)C)c1. The molecule has 0 aliphatic heterocycles. The van der Waals surface area contributed by atoms with Gasteiger partial charge in [-0.3, -0.25) is 0 Å².